The van der Waals surface area contributed by atoms with Crippen molar-refractivity contribution in [2.24, 2.45) is 5.92 Å². The molecule has 1 aliphatic carbocycles. The van der Waals surface area contributed by atoms with Crippen LogP contribution in [0.5, 0.6) is 11.5 Å². The van der Waals surface area contributed by atoms with Gasteiger partial charge in [-0.1, -0.05) is 76.5 Å². The van der Waals surface area contributed by atoms with Crippen LogP contribution in [0.2, 0.25) is 0 Å². The number of likely N-dealkylation sites (tertiary alicyclic amines) is 1. The molecular formula is C41H61NO8. The number of carbonyl (C=O) groups is 3. The summed E-state index contributed by atoms with van der Waals surface area (Å²) in [7, 11) is 1.96. The van der Waals surface area contributed by atoms with Crippen molar-refractivity contribution < 1.29 is 39.2 Å². The van der Waals surface area contributed by atoms with E-state index >= 15 is 0 Å². The normalized spacial score (nSPS) is 24.9. The summed E-state index contributed by atoms with van der Waals surface area (Å²) in [4.78, 5) is 40.4. The number of hydrogen-bond acceptors (Lipinski definition) is 8. The molecule has 9 heteroatoms. The van der Waals surface area contributed by atoms with Gasteiger partial charge >= 0.3 is 11.9 Å². The number of aliphatic carboxylic acids is 1. The summed E-state index contributed by atoms with van der Waals surface area (Å²) in [6, 6.07) is 3.09. The number of carboxylic acids is 1. The number of esters is 1. The van der Waals surface area contributed by atoms with Gasteiger partial charge in [0.15, 0.2) is 17.6 Å². The minimum absolute atomic E-state index is 0.0565. The highest BCUT2D eigenvalue weighted by Gasteiger charge is 2.69. The van der Waals surface area contributed by atoms with Gasteiger partial charge in [0.05, 0.1) is 23.4 Å². The molecule has 1 aromatic rings. The van der Waals surface area contributed by atoms with E-state index in [0.29, 0.717) is 31.4 Å². The van der Waals surface area contributed by atoms with Crippen molar-refractivity contribution in [3.05, 3.63) is 47.2 Å². The van der Waals surface area contributed by atoms with Crippen LogP contribution in [0.25, 0.3) is 0 Å². The van der Waals surface area contributed by atoms with Crippen molar-refractivity contribution in [3.8, 4) is 11.5 Å². The number of phenolic OH excluding ortho intramolecular Hbond substituents is 1. The summed E-state index contributed by atoms with van der Waals surface area (Å²) in [5.41, 5.74) is -0.717. The molecule has 9 nitrogen and oxygen atoms in total. The lowest BCUT2D eigenvalue weighted by molar-refractivity contribution is -0.165. The first-order chi connectivity index (χ1) is 24.0. The third-order valence-corrected chi connectivity index (χ3v) is 11.5. The Hall–Kier alpha value is -3.17. The molecule has 2 aliphatic heterocycles. The lowest BCUT2D eigenvalue weighted by atomic mass is 9.54. The number of rotatable bonds is 21. The maximum absolute atomic E-state index is 13.6. The number of ether oxygens (including phenoxy) is 2. The second-order valence-electron chi connectivity index (χ2n) is 15.0. The average molecular weight is 696 g/mol. The predicted octanol–water partition coefficient (Wildman–Crippen LogP) is 8.07. The molecule has 5 atom stereocenters. The number of fused-ring (bicyclic) bond motifs is 1. The van der Waals surface area contributed by atoms with Gasteiger partial charge < -0.3 is 29.7 Å². The number of piperidine rings is 1. The molecule has 2 heterocycles. The second kappa shape index (κ2) is 18.4. The molecular weight excluding hydrogens is 634 g/mol. The number of aliphatic hydroxyl groups is 1. The Morgan fingerprint density at radius 2 is 1.64 bits per heavy atom. The van der Waals surface area contributed by atoms with Crippen LogP contribution in [0.4, 0.5) is 0 Å². The van der Waals surface area contributed by atoms with E-state index in [1.165, 1.54) is 38.5 Å². The Morgan fingerprint density at radius 1 is 1.00 bits per heavy atom. The van der Waals surface area contributed by atoms with E-state index in [1.54, 1.807) is 18.2 Å². The molecule has 0 saturated carbocycles. The summed E-state index contributed by atoms with van der Waals surface area (Å²) in [6.45, 7) is 6.76. The maximum atomic E-state index is 13.6. The Labute approximate surface area is 299 Å². The molecule has 3 N–H and O–H groups in total. The van der Waals surface area contributed by atoms with Crippen LogP contribution in [0.1, 0.15) is 141 Å². The zero-order valence-electron chi connectivity index (χ0n) is 30.9. The van der Waals surface area contributed by atoms with E-state index in [1.807, 2.05) is 20.9 Å². The van der Waals surface area contributed by atoms with Crippen molar-refractivity contribution in [1.82, 2.24) is 4.90 Å². The molecule has 1 fully saturated rings. The van der Waals surface area contributed by atoms with Gasteiger partial charge in [0.2, 0.25) is 0 Å². The lowest BCUT2D eigenvalue weighted by Gasteiger charge is -2.58. The third-order valence-electron chi connectivity index (χ3n) is 11.5. The fraction of sp³-hybridized carbons (Fsp3) is 0.683. The van der Waals surface area contributed by atoms with Crippen molar-refractivity contribution in [2.75, 3.05) is 13.6 Å². The Kier molecular flexibility index (Phi) is 14.5. The summed E-state index contributed by atoms with van der Waals surface area (Å²) >= 11 is 0. The van der Waals surface area contributed by atoms with Crippen molar-refractivity contribution >= 4 is 17.7 Å². The molecule has 50 heavy (non-hydrogen) atoms. The minimum Gasteiger partial charge on any atom is -0.504 e. The van der Waals surface area contributed by atoms with E-state index in [2.05, 4.69) is 24.0 Å². The number of ketones is 1. The van der Waals surface area contributed by atoms with Crippen molar-refractivity contribution in [1.29, 1.82) is 0 Å². The van der Waals surface area contributed by atoms with E-state index in [0.717, 1.165) is 44.1 Å². The summed E-state index contributed by atoms with van der Waals surface area (Å²) < 4.78 is 12.3. The molecule has 1 spiro atoms. The Morgan fingerprint density at radius 3 is 2.30 bits per heavy atom. The molecule has 3 aliphatic rings. The van der Waals surface area contributed by atoms with Gasteiger partial charge in [0.1, 0.15) is 11.5 Å². The van der Waals surface area contributed by atoms with E-state index in [-0.39, 0.29) is 41.9 Å². The molecule has 1 aromatic carbocycles. The number of benzene rings is 1. The molecule has 1 saturated heterocycles. The first-order valence-electron chi connectivity index (χ1n) is 19.2. The smallest absolute Gasteiger partial charge is 0.315 e. The zero-order chi connectivity index (χ0) is 36.3. The predicted molar refractivity (Wildman–Crippen MR) is 194 cm³/mol. The molecule has 0 radical (unpaired) electrons. The standard InChI is InChI=1S/C41H61NO8/c1-5-6-7-8-9-10-11-12-13-14-15-16-17-18-19-20-32(43)27-31(28-35(45)46)39(47)49-34-23-24-41(48)30(3)42(4)26-25-40(41)36-29(2)21-22-33(44)37(36)50-38(34)40/h12-13,21-23,30-31,38,44,48H,5-11,14-20,24-28H2,1-4H3,(H,45,46)/b13-12-/t30-,31+,38+,40+,41-/m1/s1. The number of nitrogens with zero attached hydrogens (tertiary/aromatic N) is 1. The van der Waals surface area contributed by atoms with Crippen LogP contribution in [-0.4, -0.2) is 69.3 Å². The number of unbranched alkanes of at least 4 members (excludes halogenated alkanes) is 11. The van der Waals surface area contributed by atoms with Gasteiger partial charge in [-0.15, -0.1) is 0 Å². The molecule has 0 aromatic heterocycles. The zero-order valence-corrected chi connectivity index (χ0v) is 30.9. The molecule has 0 amide bonds. The molecule has 0 bridgehead atoms. The summed E-state index contributed by atoms with van der Waals surface area (Å²) in [5.74, 6) is -2.87. The third kappa shape index (κ3) is 9.00. The number of carbonyl (C=O) groups excluding carboxylic acids is 2. The minimum atomic E-state index is -1.29. The largest absolute Gasteiger partial charge is 0.504 e. The van der Waals surface area contributed by atoms with E-state index in [4.69, 9.17) is 9.47 Å². The first-order valence-corrected chi connectivity index (χ1v) is 19.2. The van der Waals surface area contributed by atoms with Crippen LogP contribution in [0.15, 0.2) is 36.1 Å². The number of Topliss-reactive ketones (excluding diaryl/α,β-unsaturated/α-hetero) is 1. The average Bonchev–Trinajstić information content (AvgIpc) is 3.45. The Bertz CT molecular complexity index is 1390. The number of hydrogen-bond donors (Lipinski definition) is 3. The lowest BCUT2D eigenvalue weighted by Crippen LogP contribution is -2.71. The second-order valence-corrected chi connectivity index (χ2v) is 15.0. The molecule has 278 valence electrons. The van der Waals surface area contributed by atoms with Gasteiger partial charge in [0, 0.05) is 30.9 Å². The highest BCUT2D eigenvalue weighted by molar-refractivity contribution is 5.87. The van der Waals surface area contributed by atoms with Gasteiger partial charge in [-0.2, -0.15) is 0 Å². The highest BCUT2D eigenvalue weighted by Crippen LogP contribution is 2.62. The van der Waals surface area contributed by atoms with E-state index < -0.39 is 41.4 Å². The maximum Gasteiger partial charge on any atom is 0.315 e. The number of carboxylic acid groups (broad SMARTS) is 1. The fourth-order valence-corrected chi connectivity index (χ4v) is 8.42. The van der Waals surface area contributed by atoms with Crippen LogP contribution in [0.3, 0.4) is 0 Å². The van der Waals surface area contributed by atoms with E-state index in [9.17, 15) is 29.7 Å². The van der Waals surface area contributed by atoms with Gasteiger partial charge in [0.25, 0.3) is 0 Å². The first kappa shape index (κ1) is 39.6. The van der Waals surface area contributed by atoms with Gasteiger partial charge in [-0.3, -0.25) is 14.4 Å². The number of aromatic hydroxyl groups is 1. The van der Waals surface area contributed by atoms with Gasteiger partial charge in [-0.25, -0.2) is 0 Å². The van der Waals surface area contributed by atoms with Crippen LogP contribution < -0.4 is 4.74 Å². The SMILES string of the molecule is CCCCCCCC/C=C\CCCCCCCC(=O)C[C@@H](CC(=O)O)C(=O)OC1=CC[C@@]2(O)[C@@H](C)N(C)CC[C@@]23c2c(C)ccc(O)c2O[C@@H]13. The Balaban J connectivity index is 1.29. The molecule has 0 unspecified atom stereocenters. The number of allylic oxidation sites excluding steroid dienone is 2. The van der Waals surface area contributed by atoms with Gasteiger partial charge in [-0.05, 0) is 83.7 Å². The number of phenols is 1. The van der Waals surface area contributed by atoms with Crippen molar-refractivity contribution in [3.63, 3.8) is 0 Å². The number of likely N-dealkylation sites (N-methyl/N-ethyl adjacent to an activating group) is 1. The summed E-state index contributed by atoms with van der Waals surface area (Å²) in [6.07, 6.45) is 20.6. The van der Waals surface area contributed by atoms with Crippen LogP contribution >= 0.6 is 0 Å². The van der Waals surface area contributed by atoms with Crippen molar-refractivity contribution in [2.45, 2.75) is 160 Å². The quantitative estimate of drug-likeness (QED) is 0.0663. The topological polar surface area (TPSA) is 134 Å². The van der Waals surface area contributed by atoms with Crippen LogP contribution in [-0.2, 0) is 24.5 Å². The highest BCUT2D eigenvalue weighted by atomic mass is 16.6. The number of aryl methyl sites for hydroxylation is 1. The molecule has 4 rings (SSSR count). The summed E-state index contributed by atoms with van der Waals surface area (Å²) in [5, 5.41) is 32.8. The fourth-order valence-electron chi connectivity index (χ4n) is 8.42. The van der Waals surface area contributed by atoms with Crippen LogP contribution in [0, 0.1) is 12.8 Å². The monoisotopic (exact) mass is 695 g/mol.